The van der Waals surface area contributed by atoms with Crippen molar-refractivity contribution < 1.29 is 4.74 Å². The van der Waals surface area contributed by atoms with Crippen molar-refractivity contribution in [2.24, 2.45) is 5.73 Å². The molecule has 1 aromatic rings. The number of rotatable bonds is 4. The zero-order valence-corrected chi connectivity index (χ0v) is 8.42. The van der Waals surface area contributed by atoms with Crippen molar-refractivity contribution in [3.63, 3.8) is 0 Å². The highest BCUT2D eigenvalue weighted by Crippen LogP contribution is 2.12. The Labute approximate surface area is 83.6 Å². The number of benzene rings is 1. The summed E-state index contributed by atoms with van der Waals surface area (Å²) in [6.07, 6.45) is 0.895. The molecule has 1 atom stereocenters. The Morgan fingerprint density at radius 3 is 2.85 bits per heavy atom. The van der Waals surface area contributed by atoms with Crippen LogP contribution in [-0.4, -0.2) is 19.8 Å². The fraction of sp³-hybridized carbons (Fsp3) is 0.400. The average molecular weight is 200 g/mol. The third-order valence-electron chi connectivity index (χ3n) is 1.95. The van der Waals surface area contributed by atoms with Crippen molar-refractivity contribution in [1.29, 1.82) is 0 Å². The average Bonchev–Trinajstić information content (AvgIpc) is 2.14. The van der Waals surface area contributed by atoms with E-state index in [1.54, 1.807) is 7.11 Å². The van der Waals surface area contributed by atoms with Crippen molar-refractivity contribution in [3.8, 4) is 0 Å². The van der Waals surface area contributed by atoms with Crippen LogP contribution in [0.4, 0.5) is 0 Å². The molecule has 0 bridgehead atoms. The number of hydrogen-bond acceptors (Lipinski definition) is 2. The number of methoxy groups -OCH3 is 1. The predicted octanol–water partition coefficient (Wildman–Crippen LogP) is 1.86. The van der Waals surface area contributed by atoms with E-state index in [4.69, 9.17) is 22.1 Å². The molecule has 0 radical (unpaired) electrons. The maximum atomic E-state index is 5.84. The molecule has 0 fully saturated rings. The van der Waals surface area contributed by atoms with E-state index in [0.717, 1.165) is 17.0 Å². The zero-order valence-electron chi connectivity index (χ0n) is 7.66. The van der Waals surface area contributed by atoms with Crippen LogP contribution in [0.3, 0.4) is 0 Å². The van der Waals surface area contributed by atoms with E-state index in [2.05, 4.69) is 0 Å². The third-order valence-corrected chi connectivity index (χ3v) is 2.18. The number of nitrogens with two attached hydrogens (primary N) is 1. The molecule has 1 rings (SSSR count). The van der Waals surface area contributed by atoms with Crippen molar-refractivity contribution in [2.75, 3.05) is 13.7 Å². The first kappa shape index (κ1) is 10.5. The van der Waals surface area contributed by atoms with Gasteiger partial charge in [0.1, 0.15) is 0 Å². The molecule has 0 aliphatic heterocycles. The number of ether oxygens (including phenoxy) is 1. The molecular weight excluding hydrogens is 186 g/mol. The molecule has 0 saturated heterocycles. The molecule has 0 aliphatic carbocycles. The standard InChI is InChI=1S/C10H14ClNO/c1-13-10(7-12)6-8-3-2-4-9(11)5-8/h2-5,10H,6-7,12H2,1H3. The SMILES string of the molecule is COC(CN)Cc1cccc(Cl)c1. The quantitative estimate of drug-likeness (QED) is 0.804. The second kappa shape index (κ2) is 5.22. The maximum Gasteiger partial charge on any atom is 0.0733 e. The van der Waals surface area contributed by atoms with Crippen molar-refractivity contribution >= 4 is 11.6 Å². The monoisotopic (exact) mass is 199 g/mol. The van der Waals surface area contributed by atoms with E-state index in [9.17, 15) is 0 Å². The van der Waals surface area contributed by atoms with Gasteiger partial charge in [-0.25, -0.2) is 0 Å². The lowest BCUT2D eigenvalue weighted by Gasteiger charge is -2.12. The Kier molecular flexibility index (Phi) is 4.22. The largest absolute Gasteiger partial charge is 0.380 e. The first-order chi connectivity index (χ1) is 6.26. The smallest absolute Gasteiger partial charge is 0.0733 e. The van der Waals surface area contributed by atoms with Gasteiger partial charge in [0.25, 0.3) is 0 Å². The van der Waals surface area contributed by atoms with E-state index >= 15 is 0 Å². The molecular formula is C10H14ClNO. The molecule has 0 amide bonds. The van der Waals surface area contributed by atoms with Crippen LogP contribution in [0.5, 0.6) is 0 Å². The Morgan fingerprint density at radius 2 is 2.31 bits per heavy atom. The summed E-state index contributed by atoms with van der Waals surface area (Å²) in [6, 6.07) is 7.74. The lowest BCUT2D eigenvalue weighted by molar-refractivity contribution is 0.110. The fourth-order valence-electron chi connectivity index (χ4n) is 1.19. The van der Waals surface area contributed by atoms with Crippen molar-refractivity contribution in [1.82, 2.24) is 0 Å². The number of halogens is 1. The molecule has 0 aromatic heterocycles. The highest BCUT2D eigenvalue weighted by molar-refractivity contribution is 6.30. The second-order valence-corrected chi connectivity index (χ2v) is 3.36. The van der Waals surface area contributed by atoms with Gasteiger partial charge in [0.2, 0.25) is 0 Å². The minimum Gasteiger partial charge on any atom is -0.380 e. The van der Waals surface area contributed by atoms with E-state index in [1.165, 1.54) is 0 Å². The van der Waals surface area contributed by atoms with Gasteiger partial charge in [0.15, 0.2) is 0 Å². The zero-order chi connectivity index (χ0) is 9.68. The Morgan fingerprint density at radius 1 is 1.54 bits per heavy atom. The maximum absolute atomic E-state index is 5.84. The topological polar surface area (TPSA) is 35.2 Å². The van der Waals surface area contributed by atoms with Crippen LogP contribution in [0.25, 0.3) is 0 Å². The number of hydrogen-bond donors (Lipinski definition) is 1. The summed E-state index contributed by atoms with van der Waals surface area (Å²) in [6.45, 7) is 0.531. The molecule has 0 aliphatic rings. The van der Waals surface area contributed by atoms with Crippen LogP contribution in [0, 0.1) is 0 Å². The van der Waals surface area contributed by atoms with Crippen LogP contribution in [0.1, 0.15) is 5.56 Å². The summed E-state index contributed by atoms with van der Waals surface area (Å²) in [5.74, 6) is 0. The Bertz CT molecular complexity index is 261. The summed E-state index contributed by atoms with van der Waals surface area (Å²) >= 11 is 5.84. The van der Waals surface area contributed by atoms with Crippen LogP contribution in [0.15, 0.2) is 24.3 Å². The van der Waals surface area contributed by atoms with E-state index in [1.807, 2.05) is 24.3 Å². The molecule has 1 unspecified atom stereocenters. The van der Waals surface area contributed by atoms with Crippen LogP contribution in [0.2, 0.25) is 5.02 Å². The van der Waals surface area contributed by atoms with Gasteiger partial charge in [-0.2, -0.15) is 0 Å². The molecule has 0 heterocycles. The van der Waals surface area contributed by atoms with Gasteiger partial charge in [-0.3, -0.25) is 0 Å². The molecule has 0 spiro atoms. The molecule has 2 nitrogen and oxygen atoms in total. The lowest BCUT2D eigenvalue weighted by atomic mass is 10.1. The molecule has 0 saturated carbocycles. The molecule has 2 N–H and O–H groups in total. The van der Waals surface area contributed by atoms with Crippen LogP contribution >= 0.6 is 11.6 Å². The van der Waals surface area contributed by atoms with Gasteiger partial charge in [-0.1, -0.05) is 23.7 Å². The molecule has 72 valence electrons. The third kappa shape index (κ3) is 3.35. The van der Waals surface area contributed by atoms with Gasteiger partial charge in [-0.05, 0) is 24.1 Å². The van der Waals surface area contributed by atoms with Gasteiger partial charge >= 0.3 is 0 Å². The summed E-state index contributed by atoms with van der Waals surface area (Å²) in [5.41, 5.74) is 6.67. The first-order valence-electron chi connectivity index (χ1n) is 4.23. The summed E-state index contributed by atoms with van der Waals surface area (Å²) in [7, 11) is 1.67. The van der Waals surface area contributed by atoms with Crippen LogP contribution < -0.4 is 5.73 Å². The fourth-order valence-corrected chi connectivity index (χ4v) is 1.40. The minimum absolute atomic E-state index is 0.0819. The highest BCUT2D eigenvalue weighted by Gasteiger charge is 2.05. The van der Waals surface area contributed by atoms with E-state index in [0.29, 0.717) is 6.54 Å². The normalized spacial score (nSPS) is 12.8. The minimum atomic E-state index is 0.0819. The first-order valence-corrected chi connectivity index (χ1v) is 4.61. The Balaban J connectivity index is 2.62. The summed E-state index contributed by atoms with van der Waals surface area (Å²) < 4.78 is 5.18. The summed E-state index contributed by atoms with van der Waals surface area (Å²) in [5, 5.41) is 0.754. The van der Waals surface area contributed by atoms with Gasteiger partial charge in [0, 0.05) is 18.7 Å². The molecule has 1 aromatic carbocycles. The van der Waals surface area contributed by atoms with Crippen molar-refractivity contribution in [2.45, 2.75) is 12.5 Å². The summed E-state index contributed by atoms with van der Waals surface area (Å²) in [4.78, 5) is 0. The van der Waals surface area contributed by atoms with Crippen molar-refractivity contribution in [3.05, 3.63) is 34.9 Å². The highest BCUT2D eigenvalue weighted by atomic mass is 35.5. The Hall–Kier alpha value is -0.570. The lowest BCUT2D eigenvalue weighted by Crippen LogP contribution is -2.24. The van der Waals surface area contributed by atoms with Gasteiger partial charge in [-0.15, -0.1) is 0 Å². The van der Waals surface area contributed by atoms with Gasteiger partial charge < -0.3 is 10.5 Å². The van der Waals surface area contributed by atoms with E-state index < -0.39 is 0 Å². The predicted molar refractivity (Wildman–Crippen MR) is 55.0 cm³/mol. The molecule has 3 heteroatoms. The van der Waals surface area contributed by atoms with E-state index in [-0.39, 0.29) is 6.10 Å². The van der Waals surface area contributed by atoms with Crippen LogP contribution in [-0.2, 0) is 11.2 Å². The van der Waals surface area contributed by atoms with Gasteiger partial charge in [0.05, 0.1) is 6.10 Å². The second-order valence-electron chi connectivity index (χ2n) is 2.93. The molecule has 13 heavy (non-hydrogen) atoms.